The number of rotatable bonds is 16. The van der Waals surface area contributed by atoms with E-state index in [4.69, 9.17) is 26.9 Å². The number of unbranched alkanes of at least 4 members (excludes halogenated alkanes) is 12. The van der Waals surface area contributed by atoms with E-state index in [0.717, 1.165) is 12.8 Å². The molecule has 0 amide bonds. The standard InChI is InChI=1S/C16H32O2.C3H7ClO2/c1-2-3-4-5-6-7-8-9-10-11-12-13-14-15-16(17)18;4-3(6)1-2-5/h2-15H2,1H3,(H,17,18);3,5-6H,1-2H2. The highest BCUT2D eigenvalue weighted by Gasteiger charge is 1.96. The molecule has 0 spiro atoms. The lowest BCUT2D eigenvalue weighted by Crippen LogP contribution is -1.97. The number of alkyl halides is 1. The Kier molecular flexibility index (Phi) is 24.5. The van der Waals surface area contributed by atoms with Gasteiger partial charge in [-0.15, -0.1) is 0 Å². The smallest absolute Gasteiger partial charge is 0.303 e. The highest BCUT2D eigenvalue weighted by Crippen LogP contribution is 2.12. The molecule has 0 saturated heterocycles. The van der Waals surface area contributed by atoms with Gasteiger partial charge in [0.1, 0.15) is 5.56 Å². The number of hydrogen-bond acceptors (Lipinski definition) is 3. The highest BCUT2D eigenvalue weighted by atomic mass is 35.5. The molecule has 0 rings (SSSR count). The number of aliphatic hydroxyl groups excluding tert-OH is 2. The second-order valence-corrected chi connectivity index (χ2v) is 6.84. The van der Waals surface area contributed by atoms with E-state index in [1.165, 1.54) is 70.6 Å². The first-order valence-corrected chi connectivity index (χ1v) is 10.1. The van der Waals surface area contributed by atoms with Gasteiger partial charge in [-0.25, -0.2) is 0 Å². The number of carboxylic acids is 1. The van der Waals surface area contributed by atoms with Gasteiger partial charge in [0.05, 0.1) is 0 Å². The van der Waals surface area contributed by atoms with Crippen molar-refractivity contribution in [3.05, 3.63) is 0 Å². The van der Waals surface area contributed by atoms with E-state index >= 15 is 0 Å². The Balaban J connectivity index is 0. The van der Waals surface area contributed by atoms with Crippen LogP contribution in [0.3, 0.4) is 0 Å². The molecule has 0 saturated carbocycles. The third-order valence-electron chi connectivity index (χ3n) is 3.86. The average molecular weight is 367 g/mol. The van der Waals surface area contributed by atoms with Gasteiger partial charge in [-0.3, -0.25) is 4.79 Å². The lowest BCUT2D eigenvalue weighted by Gasteiger charge is -2.02. The molecule has 0 bridgehead atoms. The van der Waals surface area contributed by atoms with E-state index in [1.54, 1.807) is 0 Å². The van der Waals surface area contributed by atoms with Crippen LogP contribution in [0.2, 0.25) is 0 Å². The van der Waals surface area contributed by atoms with Gasteiger partial charge in [0.15, 0.2) is 0 Å². The Labute approximate surface area is 153 Å². The summed E-state index contributed by atoms with van der Waals surface area (Å²) in [6, 6.07) is 0. The maximum Gasteiger partial charge on any atom is 0.303 e. The van der Waals surface area contributed by atoms with Crippen LogP contribution in [0.1, 0.15) is 103 Å². The molecule has 1 atom stereocenters. The zero-order chi connectivity index (χ0) is 18.5. The molecular weight excluding hydrogens is 328 g/mol. The SMILES string of the molecule is CCCCCCCCCCCCCCCC(=O)O.OCCC(O)Cl. The van der Waals surface area contributed by atoms with Crippen LogP contribution in [-0.4, -0.2) is 33.5 Å². The van der Waals surface area contributed by atoms with Crippen LogP contribution in [0.5, 0.6) is 0 Å². The fourth-order valence-corrected chi connectivity index (χ4v) is 2.50. The summed E-state index contributed by atoms with van der Waals surface area (Å²) < 4.78 is 0. The van der Waals surface area contributed by atoms with Crippen LogP contribution >= 0.6 is 11.6 Å². The molecule has 0 aliphatic rings. The number of hydrogen-bond donors (Lipinski definition) is 3. The lowest BCUT2D eigenvalue weighted by molar-refractivity contribution is -0.137. The van der Waals surface area contributed by atoms with Crippen LogP contribution in [0.15, 0.2) is 0 Å². The molecule has 0 aromatic rings. The molecule has 0 aromatic carbocycles. The third kappa shape index (κ3) is 29.7. The van der Waals surface area contributed by atoms with Gasteiger partial charge in [0.2, 0.25) is 0 Å². The first-order chi connectivity index (χ1) is 11.5. The molecule has 0 aromatic heterocycles. The maximum atomic E-state index is 10.3. The largest absolute Gasteiger partial charge is 0.481 e. The van der Waals surface area contributed by atoms with Gasteiger partial charge in [-0.2, -0.15) is 0 Å². The summed E-state index contributed by atoms with van der Waals surface area (Å²) in [6.45, 7) is 2.21. The summed E-state index contributed by atoms with van der Waals surface area (Å²) in [5, 5.41) is 24.6. The lowest BCUT2D eigenvalue weighted by atomic mass is 10.0. The minimum atomic E-state index is -0.880. The Bertz CT molecular complexity index is 248. The predicted octanol–water partition coefficient (Wildman–Crippen LogP) is 5.48. The molecule has 1 unspecified atom stereocenters. The molecule has 5 heteroatoms. The summed E-state index contributed by atoms with van der Waals surface area (Å²) in [7, 11) is 0. The molecule has 24 heavy (non-hydrogen) atoms. The molecule has 0 heterocycles. The van der Waals surface area contributed by atoms with Crippen molar-refractivity contribution in [3.8, 4) is 0 Å². The summed E-state index contributed by atoms with van der Waals surface area (Å²) in [5.41, 5.74) is -0.880. The molecule has 0 aliphatic carbocycles. The first-order valence-electron chi connectivity index (χ1n) is 9.69. The van der Waals surface area contributed by atoms with Crippen LogP contribution in [-0.2, 0) is 4.79 Å². The van der Waals surface area contributed by atoms with E-state index in [9.17, 15) is 4.79 Å². The van der Waals surface area contributed by atoms with Crippen molar-refractivity contribution in [1.82, 2.24) is 0 Å². The average Bonchev–Trinajstić information content (AvgIpc) is 2.52. The Morgan fingerprint density at radius 3 is 1.46 bits per heavy atom. The number of carbonyl (C=O) groups is 1. The predicted molar refractivity (Wildman–Crippen MR) is 102 cm³/mol. The van der Waals surface area contributed by atoms with E-state index in [-0.39, 0.29) is 13.0 Å². The maximum absolute atomic E-state index is 10.3. The van der Waals surface area contributed by atoms with Crippen molar-refractivity contribution < 1.29 is 20.1 Å². The molecule has 0 aliphatic heterocycles. The van der Waals surface area contributed by atoms with Crippen molar-refractivity contribution in [2.24, 2.45) is 0 Å². The number of halogens is 1. The molecule has 0 fully saturated rings. The van der Waals surface area contributed by atoms with E-state index in [0.29, 0.717) is 6.42 Å². The van der Waals surface area contributed by atoms with Crippen LogP contribution in [0.4, 0.5) is 0 Å². The second-order valence-electron chi connectivity index (χ2n) is 6.33. The molecular formula is C19H39ClO4. The van der Waals surface area contributed by atoms with E-state index < -0.39 is 11.5 Å². The van der Waals surface area contributed by atoms with Crippen LogP contribution < -0.4 is 0 Å². The summed E-state index contributed by atoms with van der Waals surface area (Å²) in [4.78, 5) is 10.3. The molecule has 4 nitrogen and oxygen atoms in total. The quantitative estimate of drug-likeness (QED) is 0.249. The molecule has 146 valence electrons. The van der Waals surface area contributed by atoms with Crippen molar-refractivity contribution in [2.45, 2.75) is 109 Å². The van der Waals surface area contributed by atoms with E-state index in [2.05, 4.69) is 6.92 Å². The number of carboxylic acid groups (broad SMARTS) is 1. The monoisotopic (exact) mass is 366 g/mol. The minimum Gasteiger partial charge on any atom is -0.481 e. The summed E-state index contributed by atoms with van der Waals surface area (Å²) in [5.74, 6) is -0.655. The van der Waals surface area contributed by atoms with E-state index in [1.807, 2.05) is 0 Å². The first kappa shape index (κ1) is 25.9. The zero-order valence-electron chi connectivity index (χ0n) is 15.5. The van der Waals surface area contributed by atoms with Crippen molar-refractivity contribution in [3.63, 3.8) is 0 Å². The fourth-order valence-electron chi connectivity index (χ4n) is 2.40. The Morgan fingerprint density at radius 2 is 1.21 bits per heavy atom. The third-order valence-corrected chi connectivity index (χ3v) is 4.08. The van der Waals surface area contributed by atoms with Gasteiger partial charge < -0.3 is 15.3 Å². The zero-order valence-corrected chi connectivity index (χ0v) is 16.3. The van der Waals surface area contributed by atoms with Crippen molar-refractivity contribution in [2.75, 3.05) is 6.61 Å². The fraction of sp³-hybridized carbons (Fsp3) is 0.947. The van der Waals surface area contributed by atoms with Gasteiger partial charge in [0, 0.05) is 19.4 Å². The van der Waals surface area contributed by atoms with Gasteiger partial charge in [0.25, 0.3) is 0 Å². The molecule has 0 radical (unpaired) electrons. The number of aliphatic hydroxyl groups is 2. The second kappa shape index (κ2) is 22.7. The molecule has 3 N–H and O–H groups in total. The van der Waals surface area contributed by atoms with Crippen LogP contribution in [0.25, 0.3) is 0 Å². The Morgan fingerprint density at radius 1 is 0.833 bits per heavy atom. The van der Waals surface area contributed by atoms with Gasteiger partial charge in [-0.05, 0) is 6.42 Å². The summed E-state index contributed by atoms with van der Waals surface area (Å²) in [6.07, 6.45) is 17.5. The van der Waals surface area contributed by atoms with Crippen LogP contribution in [0, 0.1) is 0 Å². The topological polar surface area (TPSA) is 77.8 Å². The number of aliphatic carboxylic acids is 1. The van der Waals surface area contributed by atoms with Crippen molar-refractivity contribution in [1.29, 1.82) is 0 Å². The van der Waals surface area contributed by atoms with Crippen molar-refractivity contribution >= 4 is 17.6 Å². The summed E-state index contributed by atoms with van der Waals surface area (Å²) >= 11 is 4.97. The highest BCUT2D eigenvalue weighted by molar-refractivity contribution is 6.19. The van der Waals surface area contributed by atoms with Gasteiger partial charge >= 0.3 is 5.97 Å². The van der Waals surface area contributed by atoms with Gasteiger partial charge in [-0.1, -0.05) is 95.6 Å². The minimum absolute atomic E-state index is 0.0509. The Hall–Kier alpha value is -0.320. The normalized spacial score (nSPS) is 11.7.